The first-order valence-electron chi connectivity index (χ1n) is 9.27. The second kappa shape index (κ2) is 16.3. The lowest BCUT2D eigenvalue weighted by Crippen LogP contribution is -2.27. The quantitative estimate of drug-likeness (QED) is 0.486. The Hall–Kier alpha value is -0.610. The summed E-state index contributed by atoms with van der Waals surface area (Å²) in [5, 5.41) is 16.7. The summed E-state index contributed by atoms with van der Waals surface area (Å²) in [5.74, 6) is -0.972. The Balaban J connectivity index is 0. The molecule has 0 radical (unpaired) electrons. The molecule has 0 rings (SSSR count). The molecule has 0 aliphatic rings. The van der Waals surface area contributed by atoms with E-state index in [0.717, 1.165) is 0 Å². The molecule has 0 spiro atoms. The topological polar surface area (TPSA) is 60.8 Å². The molecule has 23 heavy (non-hydrogen) atoms. The number of hydrogen-bond acceptors (Lipinski definition) is 3. The number of unbranched alkanes of at least 4 members (excludes halogenated alkanes) is 9. The molecule has 0 bridgehead atoms. The number of carboxylic acid groups (broad SMARTS) is 1. The number of aliphatic hydroxyl groups excluding tert-OH is 1. The molecule has 0 aromatic rings. The van der Waals surface area contributed by atoms with Crippen molar-refractivity contribution in [2.75, 3.05) is 27.2 Å². The molecular formula is C19H41NO3. The minimum absolute atomic E-state index is 0.317. The summed E-state index contributed by atoms with van der Waals surface area (Å²) >= 11 is 0. The fraction of sp³-hybridized carbons (Fsp3) is 0.947. The van der Waals surface area contributed by atoms with Gasteiger partial charge in [0.25, 0.3) is 0 Å². The molecule has 0 aliphatic carbocycles. The van der Waals surface area contributed by atoms with Crippen molar-refractivity contribution in [3.05, 3.63) is 0 Å². The summed E-state index contributed by atoms with van der Waals surface area (Å²) in [6.45, 7) is 6.16. The highest BCUT2D eigenvalue weighted by Gasteiger charge is 2.25. The van der Waals surface area contributed by atoms with Gasteiger partial charge in [-0.3, -0.25) is 4.79 Å². The van der Waals surface area contributed by atoms with Crippen molar-refractivity contribution in [3.8, 4) is 0 Å². The average Bonchev–Trinajstić information content (AvgIpc) is 2.49. The van der Waals surface area contributed by atoms with Crippen molar-refractivity contribution < 1.29 is 15.0 Å². The number of aliphatic hydroxyl groups is 1. The average molecular weight is 332 g/mol. The summed E-state index contributed by atoms with van der Waals surface area (Å²) < 4.78 is 0. The Kier molecular flexibility index (Phi) is 17.4. The van der Waals surface area contributed by atoms with E-state index in [0.29, 0.717) is 0 Å². The van der Waals surface area contributed by atoms with Gasteiger partial charge in [-0.2, -0.15) is 0 Å². The Bertz CT molecular complexity index is 265. The van der Waals surface area contributed by atoms with Crippen molar-refractivity contribution in [1.29, 1.82) is 0 Å². The van der Waals surface area contributed by atoms with Crippen LogP contribution in [0, 0.1) is 5.41 Å². The van der Waals surface area contributed by atoms with Gasteiger partial charge in [-0.25, -0.2) is 0 Å². The molecule has 4 nitrogen and oxygen atoms in total. The molecular weight excluding hydrogens is 290 g/mol. The van der Waals surface area contributed by atoms with Gasteiger partial charge in [0.05, 0.1) is 12.0 Å². The predicted molar refractivity (Wildman–Crippen MR) is 98.9 cm³/mol. The van der Waals surface area contributed by atoms with Gasteiger partial charge < -0.3 is 15.1 Å². The maximum atomic E-state index is 10.1. The van der Waals surface area contributed by atoms with Crippen LogP contribution >= 0.6 is 0 Å². The second-order valence-corrected chi connectivity index (χ2v) is 7.33. The first-order chi connectivity index (χ1) is 10.8. The Morgan fingerprint density at radius 3 is 1.52 bits per heavy atom. The number of rotatable bonds is 13. The van der Waals surface area contributed by atoms with Crippen LogP contribution in [0.1, 0.15) is 85.0 Å². The van der Waals surface area contributed by atoms with Crippen molar-refractivity contribution in [2.45, 2.75) is 85.0 Å². The maximum Gasteiger partial charge on any atom is 0.311 e. The lowest BCUT2D eigenvalue weighted by molar-refractivity contribution is -0.148. The Labute approximate surface area is 144 Å². The van der Waals surface area contributed by atoms with E-state index in [1.165, 1.54) is 84.6 Å². The van der Waals surface area contributed by atoms with Crippen LogP contribution in [0.25, 0.3) is 0 Å². The standard InChI is InChI=1S/C14H31N.C5H10O3/c1-4-5-6-7-8-9-10-11-12-13-14-15(2)3;1-5(2,3-6)4(7)8/h4-14H2,1-3H3;6H,3H2,1-2H3,(H,7,8). The van der Waals surface area contributed by atoms with Crippen molar-refractivity contribution >= 4 is 5.97 Å². The lowest BCUT2D eigenvalue weighted by atomic mass is 9.96. The predicted octanol–water partition coefficient (Wildman–Crippen LogP) is 4.56. The highest BCUT2D eigenvalue weighted by molar-refractivity contribution is 5.73. The molecule has 140 valence electrons. The number of aliphatic carboxylic acids is 1. The fourth-order valence-electron chi connectivity index (χ4n) is 1.98. The van der Waals surface area contributed by atoms with E-state index < -0.39 is 11.4 Å². The van der Waals surface area contributed by atoms with Gasteiger partial charge in [0.15, 0.2) is 0 Å². The zero-order valence-corrected chi connectivity index (χ0v) is 16.2. The van der Waals surface area contributed by atoms with E-state index >= 15 is 0 Å². The highest BCUT2D eigenvalue weighted by Crippen LogP contribution is 2.12. The highest BCUT2D eigenvalue weighted by atomic mass is 16.4. The van der Waals surface area contributed by atoms with Gasteiger partial charge >= 0.3 is 5.97 Å². The fourth-order valence-corrected chi connectivity index (χ4v) is 1.98. The number of nitrogens with zero attached hydrogens (tertiary/aromatic N) is 1. The summed E-state index contributed by atoms with van der Waals surface area (Å²) in [4.78, 5) is 12.4. The number of hydrogen-bond donors (Lipinski definition) is 2. The van der Waals surface area contributed by atoms with Crippen LogP contribution in [0.3, 0.4) is 0 Å². The van der Waals surface area contributed by atoms with Crippen LogP contribution in [0.5, 0.6) is 0 Å². The summed E-state index contributed by atoms with van der Waals surface area (Å²) in [5.41, 5.74) is -0.986. The van der Waals surface area contributed by atoms with Gasteiger partial charge in [-0.15, -0.1) is 0 Å². The van der Waals surface area contributed by atoms with Crippen molar-refractivity contribution in [2.24, 2.45) is 5.41 Å². The third-order valence-corrected chi connectivity index (χ3v) is 3.93. The Morgan fingerprint density at radius 1 is 0.870 bits per heavy atom. The minimum Gasteiger partial charge on any atom is -0.481 e. The molecule has 0 aliphatic heterocycles. The summed E-state index contributed by atoms with van der Waals surface area (Å²) in [7, 11) is 4.32. The van der Waals surface area contributed by atoms with E-state index in [2.05, 4.69) is 25.9 Å². The molecule has 0 saturated carbocycles. The third kappa shape index (κ3) is 19.3. The zero-order chi connectivity index (χ0) is 18.1. The van der Waals surface area contributed by atoms with E-state index in [1.54, 1.807) is 0 Å². The monoisotopic (exact) mass is 331 g/mol. The molecule has 0 aromatic carbocycles. The van der Waals surface area contributed by atoms with Crippen LogP contribution in [0.4, 0.5) is 0 Å². The van der Waals surface area contributed by atoms with E-state index in [9.17, 15) is 4.79 Å². The van der Waals surface area contributed by atoms with Gasteiger partial charge in [-0.05, 0) is 40.9 Å². The maximum absolute atomic E-state index is 10.1. The van der Waals surface area contributed by atoms with Crippen LogP contribution < -0.4 is 0 Å². The van der Waals surface area contributed by atoms with Crippen LogP contribution in [-0.4, -0.2) is 48.3 Å². The Morgan fingerprint density at radius 2 is 1.26 bits per heavy atom. The normalized spacial score (nSPS) is 11.3. The van der Waals surface area contributed by atoms with Crippen LogP contribution in [-0.2, 0) is 4.79 Å². The lowest BCUT2D eigenvalue weighted by Gasteiger charge is -2.13. The largest absolute Gasteiger partial charge is 0.481 e. The van der Waals surface area contributed by atoms with Crippen LogP contribution in [0.2, 0.25) is 0 Å². The molecule has 2 N–H and O–H groups in total. The number of carbonyl (C=O) groups is 1. The smallest absolute Gasteiger partial charge is 0.311 e. The van der Waals surface area contributed by atoms with E-state index in [1.807, 2.05) is 0 Å². The van der Waals surface area contributed by atoms with Gasteiger partial charge in [-0.1, -0.05) is 64.7 Å². The summed E-state index contributed by atoms with van der Waals surface area (Å²) in [6, 6.07) is 0. The van der Waals surface area contributed by atoms with Crippen LogP contribution in [0.15, 0.2) is 0 Å². The van der Waals surface area contributed by atoms with Gasteiger partial charge in [0.1, 0.15) is 0 Å². The molecule has 0 fully saturated rings. The number of carboxylic acids is 1. The minimum atomic E-state index is -0.986. The van der Waals surface area contributed by atoms with Crippen molar-refractivity contribution in [3.63, 3.8) is 0 Å². The second-order valence-electron chi connectivity index (χ2n) is 7.33. The van der Waals surface area contributed by atoms with E-state index in [4.69, 9.17) is 10.2 Å². The summed E-state index contributed by atoms with van der Waals surface area (Å²) in [6.07, 6.45) is 14.4. The van der Waals surface area contributed by atoms with E-state index in [-0.39, 0.29) is 6.61 Å². The molecule has 0 saturated heterocycles. The first kappa shape index (κ1) is 24.6. The molecule has 0 unspecified atom stereocenters. The molecule has 4 heteroatoms. The molecule has 0 heterocycles. The molecule has 0 aromatic heterocycles. The SMILES string of the molecule is CC(C)(CO)C(=O)O.CCCCCCCCCCCCN(C)C. The molecule has 0 atom stereocenters. The van der Waals surface area contributed by atoms with Crippen molar-refractivity contribution in [1.82, 2.24) is 4.90 Å². The van der Waals surface area contributed by atoms with Gasteiger partial charge in [0, 0.05) is 0 Å². The first-order valence-corrected chi connectivity index (χ1v) is 9.27. The zero-order valence-electron chi connectivity index (χ0n) is 16.2. The van der Waals surface area contributed by atoms with Gasteiger partial charge in [0.2, 0.25) is 0 Å². The molecule has 0 amide bonds. The third-order valence-electron chi connectivity index (χ3n) is 3.93.